The van der Waals surface area contributed by atoms with E-state index in [-0.39, 0.29) is 29.9 Å². The third kappa shape index (κ3) is 4.52. The molecule has 1 fully saturated rings. The Hall–Kier alpha value is -7.62. The van der Waals surface area contributed by atoms with E-state index in [2.05, 4.69) is 230 Å². The van der Waals surface area contributed by atoms with E-state index in [0.29, 0.717) is 0 Å². The Kier molecular flexibility index (Phi) is 7.53. The Morgan fingerprint density at radius 2 is 1.12 bits per heavy atom. The Morgan fingerprint density at radius 3 is 1.80 bits per heavy atom. The maximum atomic E-state index is 2.85. The number of anilines is 3. The second-order valence-electron chi connectivity index (χ2n) is 20.9. The van der Waals surface area contributed by atoms with Crippen LogP contribution in [0.1, 0.15) is 62.9 Å². The van der Waals surface area contributed by atoms with Gasteiger partial charge in [0.1, 0.15) is 0 Å². The smallest absolute Gasteiger partial charge is 0.226 e. The number of hydrogen-bond donors (Lipinski definition) is 0. The van der Waals surface area contributed by atoms with E-state index in [0.717, 1.165) is 19.3 Å². The van der Waals surface area contributed by atoms with Crippen LogP contribution in [0.2, 0.25) is 5.82 Å². The highest BCUT2D eigenvalue weighted by Crippen LogP contribution is 2.69. The summed E-state index contributed by atoms with van der Waals surface area (Å²) >= 11 is 0. The molecule has 0 aromatic heterocycles. The summed E-state index contributed by atoms with van der Waals surface area (Å²) in [7, 11) is 0. The minimum absolute atomic E-state index is 0.0597. The quantitative estimate of drug-likeness (QED) is 0.163. The first-order valence-corrected chi connectivity index (χ1v) is 25.3. The molecule has 3 unspecified atom stereocenters. The van der Waals surface area contributed by atoms with Gasteiger partial charge >= 0.3 is 0 Å². The molecule has 0 saturated carbocycles. The van der Waals surface area contributed by atoms with Gasteiger partial charge in [-0.1, -0.05) is 193 Å². The molecule has 8 aromatic rings. The van der Waals surface area contributed by atoms with E-state index in [1.54, 1.807) is 16.5 Å². The van der Waals surface area contributed by atoms with E-state index in [4.69, 9.17) is 0 Å². The average molecular weight is 881 g/mol. The molecule has 1 saturated heterocycles. The number of hydrogen-bond acceptors (Lipinski definition) is 2. The highest BCUT2D eigenvalue weighted by molar-refractivity contribution is 6.85. The molecule has 0 radical (unpaired) electrons. The van der Waals surface area contributed by atoms with Crippen molar-refractivity contribution < 1.29 is 0 Å². The van der Waals surface area contributed by atoms with Crippen molar-refractivity contribution in [3.05, 3.63) is 284 Å². The van der Waals surface area contributed by atoms with Crippen molar-refractivity contribution in [2.45, 2.75) is 55.8 Å². The molecule has 326 valence electrons. The van der Waals surface area contributed by atoms with Gasteiger partial charge in [-0.15, -0.1) is 0 Å². The molecule has 4 aliphatic heterocycles. The van der Waals surface area contributed by atoms with E-state index in [1.165, 1.54) is 106 Å². The number of allylic oxidation sites excluding steroid dienone is 5. The lowest BCUT2D eigenvalue weighted by Gasteiger charge is -2.61. The Labute approximate surface area is 405 Å². The summed E-state index contributed by atoms with van der Waals surface area (Å²) < 4.78 is 0. The van der Waals surface area contributed by atoms with Crippen LogP contribution in [0.3, 0.4) is 0 Å². The summed E-state index contributed by atoms with van der Waals surface area (Å²) in [4.78, 5) is 5.57. The van der Waals surface area contributed by atoms with Crippen molar-refractivity contribution in [3.63, 3.8) is 0 Å². The molecule has 1 spiro atoms. The molecule has 16 rings (SSSR count). The van der Waals surface area contributed by atoms with Crippen LogP contribution in [-0.4, -0.2) is 12.8 Å². The number of para-hydroxylation sites is 2. The van der Waals surface area contributed by atoms with Gasteiger partial charge in [0, 0.05) is 40.2 Å². The number of rotatable bonds is 3. The second-order valence-corrected chi connectivity index (χ2v) is 20.9. The predicted molar refractivity (Wildman–Crippen MR) is 284 cm³/mol. The molecule has 0 N–H and O–H groups in total. The summed E-state index contributed by atoms with van der Waals surface area (Å²) in [5.74, 6) is 0.341. The fourth-order valence-electron chi connectivity index (χ4n) is 16.1. The lowest BCUT2D eigenvalue weighted by Crippen LogP contribution is -2.65. The number of aryl methyl sites for hydroxylation is 3. The monoisotopic (exact) mass is 880 g/mol. The van der Waals surface area contributed by atoms with Gasteiger partial charge in [0.25, 0.3) is 0 Å². The third-order valence-electron chi connectivity index (χ3n) is 18.1. The topological polar surface area (TPSA) is 6.48 Å². The van der Waals surface area contributed by atoms with Crippen molar-refractivity contribution in [3.8, 4) is 22.3 Å². The second kappa shape index (κ2) is 13.5. The molecule has 0 amide bonds. The van der Waals surface area contributed by atoms with Gasteiger partial charge in [-0.05, 0) is 141 Å². The maximum Gasteiger partial charge on any atom is 0.226 e. The van der Waals surface area contributed by atoms with E-state index >= 15 is 0 Å². The van der Waals surface area contributed by atoms with Crippen molar-refractivity contribution in [2.75, 3.05) is 9.80 Å². The van der Waals surface area contributed by atoms with Gasteiger partial charge in [0.15, 0.2) is 0 Å². The Bertz CT molecular complexity index is 3640. The van der Waals surface area contributed by atoms with Crippen LogP contribution < -0.4 is 15.3 Å². The van der Waals surface area contributed by atoms with E-state index in [1.807, 2.05) is 0 Å². The molecule has 2 nitrogen and oxygen atoms in total. The molecular weight excluding hydrogens is 832 g/mol. The lowest BCUT2D eigenvalue weighted by atomic mass is 9.25. The number of nitrogens with zero attached hydrogens (tertiary/aromatic N) is 2. The van der Waals surface area contributed by atoms with Crippen LogP contribution in [0, 0.1) is 19.8 Å². The summed E-state index contributed by atoms with van der Waals surface area (Å²) in [6.45, 7) is 4.86. The Morgan fingerprint density at radius 1 is 0.536 bits per heavy atom. The van der Waals surface area contributed by atoms with Gasteiger partial charge in [-0.3, -0.25) is 0 Å². The molecule has 3 atom stereocenters. The van der Waals surface area contributed by atoms with Crippen LogP contribution in [0.5, 0.6) is 0 Å². The zero-order valence-electron chi connectivity index (χ0n) is 39.0. The van der Waals surface area contributed by atoms with E-state index < -0.39 is 5.41 Å². The van der Waals surface area contributed by atoms with Crippen LogP contribution in [0.15, 0.2) is 234 Å². The van der Waals surface area contributed by atoms with Gasteiger partial charge < -0.3 is 9.80 Å². The standard InChI is InChI=1S/C66H49BN2/c1-40-38-42-32-33-48-54(65(49-25-11-6-18-41(49)2)50-26-12-7-21-44(50)45-22-8-13-27-51(45)65)34-36-58-62(48)67-61(42)60(39-40)69-57-31-17-16-30-55(57)66(52-28-14-9-23-46(52)47-24-10-15-29-53(47)66)56-35-37-59(63(67)64(56)69)68(58)43-19-4-3-5-20-43/h3-31,35-39,54,63-64H,32-34H2,1-2H3. The molecule has 3 heteroatoms. The average Bonchev–Trinajstić information content (AvgIpc) is 3.78. The number of benzene rings is 8. The molecule has 8 aromatic carbocycles. The SMILES string of the molecule is Cc1cc2c3c(c1)N1c4ccccc4C4(C5=CC=C6C(B3C3=C(CC2)C(C2(c7ccccc7C)c7ccccc7-c7ccccc72)CC=C3N6c2ccccc2)C51)c1ccccc1-c1ccccc14. The van der Waals surface area contributed by atoms with Crippen molar-refractivity contribution >= 4 is 29.2 Å². The first-order chi connectivity index (χ1) is 34.1. The van der Waals surface area contributed by atoms with Crippen LogP contribution >= 0.6 is 0 Å². The molecule has 4 aliphatic carbocycles. The summed E-state index contributed by atoms with van der Waals surface area (Å²) in [6.07, 6.45) is 10.8. The summed E-state index contributed by atoms with van der Waals surface area (Å²) in [5, 5.41) is 0. The predicted octanol–water partition coefficient (Wildman–Crippen LogP) is 14.3. The molecular formula is C66H49BN2. The molecule has 4 heterocycles. The summed E-state index contributed by atoms with van der Waals surface area (Å²) in [6, 6.07) is 72.9. The Balaban J connectivity index is 1.04. The largest absolute Gasteiger partial charge is 0.334 e. The normalized spacial score (nSPS) is 21.5. The minimum Gasteiger partial charge on any atom is -0.334 e. The maximum absolute atomic E-state index is 2.85. The van der Waals surface area contributed by atoms with Crippen LogP contribution in [-0.2, 0) is 17.3 Å². The first-order valence-electron chi connectivity index (χ1n) is 25.3. The van der Waals surface area contributed by atoms with Gasteiger partial charge in [0.2, 0.25) is 6.71 Å². The fraction of sp³-hybridized carbons (Fsp3) is 0.152. The highest BCUT2D eigenvalue weighted by atomic mass is 15.2. The van der Waals surface area contributed by atoms with Gasteiger partial charge in [-0.2, -0.15) is 0 Å². The summed E-state index contributed by atoms with van der Waals surface area (Å²) in [5.41, 5.74) is 30.5. The number of fused-ring (bicyclic) bond motifs is 13. The van der Waals surface area contributed by atoms with E-state index in [9.17, 15) is 0 Å². The van der Waals surface area contributed by atoms with Crippen LogP contribution in [0.25, 0.3) is 22.3 Å². The zero-order valence-corrected chi connectivity index (χ0v) is 39.0. The van der Waals surface area contributed by atoms with Gasteiger partial charge in [0.05, 0.1) is 16.9 Å². The van der Waals surface area contributed by atoms with Crippen molar-refractivity contribution in [1.82, 2.24) is 0 Å². The fourth-order valence-corrected chi connectivity index (χ4v) is 16.1. The highest BCUT2D eigenvalue weighted by Gasteiger charge is 2.65. The molecule has 0 bridgehead atoms. The van der Waals surface area contributed by atoms with Crippen molar-refractivity contribution in [1.29, 1.82) is 0 Å². The third-order valence-corrected chi connectivity index (χ3v) is 18.1. The minimum atomic E-state index is -0.450. The zero-order chi connectivity index (χ0) is 45.3. The molecule has 8 aliphatic rings. The molecule has 69 heavy (non-hydrogen) atoms. The first kappa shape index (κ1) is 38.4. The van der Waals surface area contributed by atoms with Crippen molar-refractivity contribution in [2.24, 2.45) is 5.92 Å². The van der Waals surface area contributed by atoms with Crippen LogP contribution in [0.4, 0.5) is 17.1 Å². The lowest BCUT2D eigenvalue weighted by molar-refractivity contribution is 0.417. The van der Waals surface area contributed by atoms with Gasteiger partial charge in [-0.25, -0.2) is 0 Å².